The van der Waals surface area contributed by atoms with Crippen molar-refractivity contribution in [1.29, 1.82) is 0 Å². The van der Waals surface area contributed by atoms with E-state index in [1.54, 1.807) is 6.08 Å². The Kier molecular flexibility index (Phi) is 2.42. The van der Waals surface area contributed by atoms with Crippen molar-refractivity contribution in [3.8, 4) is 0 Å². The van der Waals surface area contributed by atoms with Gasteiger partial charge in [-0.3, -0.25) is 0 Å². The third-order valence-corrected chi connectivity index (χ3v) is 3.89. The second-order valence-electron chi connectivity index (χ2n) is 2.07. The van der Waals surface area contributed by atoms with E-state index in [4.69, 9.17) is 0 Å². The monoisotopic (exact) mass is 216 g/mol. The molecule has 4 heteroatoms. The molecule has 0 fully saturated rings. The first-order chi connectivity index (χ1) is 4.61. The fourth-order valence-corrected chi connectivity index (χ4v) is 2.68. The van der Waals surface area contributed by atoms with Gasteiger partial charge in [0, 0.05) is 0 Å². The molecule has 1 aliphatic rings. The zero-order valence-corrected chi connectivity index (χ0v) is 6.90. The molecular formula is C6H7F3Se. The Labute approximate surface area is 63.6 Å². The van der Waals surface area contributed by atoms with Gasteiger partial charge < -0.3 is 0 Å². The van der Waals surface area contributed by atoms with Crippen LogP contribution in [0.25, 0.3) is 0 Å². The Morgan fingerprint density at radius 3 is 2.30 bits per heavy atom. The van der Waals surface area contributed by atoms with Crippen LogP contribution >= 0.6 is 0 Å². The summed E-state index contributed by atoms with van der Waals surface area (Å²) in [5, 5.41) is 0.636. The van der Waals surface area contributed by atoms with E-state index in [1.807, 2.05) is 6.08 Å². The van der Waals surface area contributed by atoms with E-state index >= 15 is 0 Å². The summed E-state index contributed by atoms with van der Waals surface area (Å²) in [6, 6.07) is 0. The molecule has 1 heterocycles. The van der Waals surface area contributed by atoms with Crippen LogP contribution in [0.2, 0.25) is 10.1 Å². The molecule has 0 bridgehead atoms. The van der Waals surface area contributed by atoms with Crippen LogP contribution in [0.3, 0.4) is 0 Å². The van der Waals surface area contributed by atoms with Crippen LogP contribution in [0.4, 0.5) is 13.2 Å². The topological polar surface area (TPSA) is 0 Å². The van der Waals surface area contributed by atoms with Crippen LogP contribution in [0.5, 0.6) is 0 Å². The first-order valence-electron chi connectivity index (χ1n) is 2.94. The summed E-state index contributed by atoms with van der Waals surface area (Å²) >= 11 is -0.257. The summed E-state index contributed by atoms with van der Waals surface area (Å²) < 4.78 is 35.8. The summed E-state index contributed by atoms with van der Waals surface area (Å²) in [5.74, 6) is 0. The summed E-state index contributed by atoms with van der Waals surface area (Å²) in [6.07, 6.45) is -0.292. The molecule has 0 aromatic rings. The molecule has 0 aromatic carbocycles. The number of hydrogen-bond acceptors (Lipinski definition) is 0. The summed E-state index contributed by atoms with van der Waals surface area (Å²) in [5.41, 5.74) is 0. The van der Waals surface area contributed by atoms with Crippen LogP contribution in [0.15, 0.2) is 12.2 Å². The van der Waals surface area contributed by atoms with Gasteiger partial charge in [0.1, 0.15) is 0 Å². The third kappa shape index (κ3) is 2.03. The molecule has 0 aromatic heterocycles. The van der Waals surface area contributed by atoms with Gasteiger partial charge in [0.25, 0.3) is 0 Å². The van der Waals surface area contributed by atoms with Crippen LogP contribution in [0.1, 0.15) is 6.42 Å². The van der Waals surface area contributed by atoms with Gasteiger partial charge in [0.05, 0.1) is 0 Å². The molecule has 0 radical (unpaired) electrons. The van der Waals surface area contributed by atoms with Gasteiger partial charge >= 0.3 is 63.0 Å². The summed E-state index contributed by atoms with van der Waals surface area (Å²) in [6.45, 7) is 0. The molecule has 1 atom stereocenters. The Morgan fingerprint density at radius 1 is 1.30 bits per heavy atom. The van der Waals surface area contributed by atoms with E-state index < -0.39 is 11.0 Å². The number of hydrogen-bond donors (Lipinski definition) is 0. The normalized spacial score (nSPS) is 26.9. The van der Waals surface area contributed by atoms with E-state index in [-0.39, 0.29) is 21.4 Å². The van der Waals surface area contributed by atoms with Gasteiger partial charge in [0.15, 0.2) is 0 Å². The summed E-state index contributed by atoms with van der Waals surface area (Å²) in [7, 11) is 0. The second-order valence-corrected chi connectivity index (χ2v) is 4.66. The van der Waals surface area contributed by atoms with Crippen LogP contribution in [0, 0.1) is 0 Å². The Hall–Kier alpha value is 0.0495. The zero-order chi connectivity index (χ0) is 7.61. The fourth-order valence-electron chi connectivity index (χ4n) is 0.756. The van der Waals surface area contributed by atoms with Gasteiger partial charge in [-0.25, -0.2) is 0 Å². The van der Waals surface area contributed by atoms with Crippen molar-refractivity contribution in [1.82, 2.24) is 0 Å². The molecule has 0 amide bonds. The quantitative estimate of drug-likeness (QED) is 0.430. The van der Waals surface area contributed by atoms with Crippen molar-refractivity contribution in [2.75, 3.05) is 0 Å². The van der Waals surface area contributed by atoms with E-state index in [2.05, 4.69) is 0 Å². The molecule has 10 heavy (non-hydrogen) atoms. The third-order valence-electron chi connectivity index (χ3n) is 1.28. The molecule has 1 aliphatic heterocycles. The van der Waals surface area contributed by atoms with Crippen molar-refractivity contribution in [2.45, 2.75) is 22.7 Å². The second kappa shape index (κ2) is 2.97. The standard InChI is InChI=1S/C6H7F3Se/c7-6(8,9)5-3-1-2-4-10-5/h1-2,5H,3-4H2. The maximum atomic E-state index is 11.9. The summed E-state index contributed by atoms with van der Waals surface area (Å²) in [4.78, 5) is -1.02. The van der Waals surface area contributed by atoms with Crippen molar-refractivity contribution < 1.29 is 13.2 Å². The molecule has 58 valence electrons. The Morgan fingerprint density at radius 2 is 2.00 bits per heavy atom. The van der Waals surface area contributed by atoms with E-state index in [0.717, 1.165) is 0 Å². The molecule has 0 N–H and O–H groups in total. The average molecular weight is 215 g/mol. The average Bonchev–Trinajstić information content (AvgIpc) is 1.88. The number of halogens is 3. The van der Waals surface area contributed by atoms with Gasteiger partial charge in [-0.15, -0.1) is 0 Å². The number of alkyl halides is 3. The van der Waals surface area contributed by atoms with E-state index in [0.29, 0.717) is 5.32 Å². The van der Waals surface area contributed by atoms with Gasteiger partial charge in [-0.2, -0.15) is 0 Å². The maximum absolute atomic E-state index is 11.9. The molecule has 0 saturated heterocycles. The SMILES string of the molecule is FC(F)(F)C1CC=CC[Se]1. The van der Waals surface area contributed by atoms with Crippen LogP contribution in [-0.2, 0) is 0 Å². The molecular weight excluding hydrogens is 208 g/mol. The van der Waals surface area contributed by atoms with Crippen molar-refractivity contribution >= 4 is 15.0 Å². The van der Waals surface area contributed by atoms with Gasteiger partial charge in [0.2, 0.25) is 0 Å². The number of allylic oxidation sites excluding steroid dienone is 2. The predicted octanol–water partition coefficient (Wildman–Crippen LogP) is 2.42. The molecule has 0 spiro atoms. The van der Waals surface area contributed by atoms with Gasteiger partial charge in [-0.05, 0) is 0 Å². The first-order valence-corrected chi connectivity index (χ1v) is 5.14. The molecule has 0 nitrogen and oxygen atoms in total. The van der Waals surface area contributed by atoms with Crippen molar-refractivity contribution in [3.63, 3.8) is 0 Å². The Balaban J connectivity index is 2.49. The van der Waals surface area contributed by atoms with Crippen molar-refractivity contribution in [3.05, 3.63) is 12.2 Å². The molecule has 1 rings (SSSR count). The fraction of sp³-hybridized carbons (Fsp3) is 0.667. The van der Waals surface area contributed by atoms with E-state index in [1.165, 1.54) is 0 Å². The van der Waals surface area contributed by atoms with Crippen LogP contribution in [-0.4, -0.2) is 21.1 Å². The van der Waals surface area contributed by atoms with Crippen LogP contribution < -0.4 is 0 Å². The predicted molar refractivity (Wildman–Crippen MR) is 34.1 cm³/mol. The minimum absolute atomic E-state index is 0.198. The van der Waals surface area contributed by atoms with E-state index in [9.17, 15) is 13.2 Å². The molecule has 0 saturated carbocycles. The van der Waals surface area contributed by atoms with Gasteiger partial charge in [-0.1, -0.05) is 0 Å². The first kappa shape index (κ1) is 8.15. The molecule has 1 unspecified atom stereocenters. The molecule has 0 aliphatic carbocycles. The minimum atomic E-state index is -3.95. The Bertz CT molecular complexity index is 138. The number of rotatable bonds is 0. The zero-order valence-electron chi connectivity index (χ0n) is 5.19. The van der Waals surface area contributed by atoms with Crippen molar-refractivity contribution in [2.24, 2.45) is 0 Å².